The number of aliphatic imine (C=N–C) groups is 1. The van der Waals surface area contributed by atoms with Gasteiger partial charge >= 0.3 is 0 Å². The summed E-state index contributed by atoms with van der Waals surface area (Å²) in [5, 5.41) is 9.75. The molecular weight excluding hydrogens is 367 g/mol. The van der Waals surface area contributed by atoms with Crippen molar-refractivity contribution < 1.29 is 13.9 Å². The highest BCUT2D eigenvalue weighted by Gasteiger charge is 2.14. The molecule has 0 bridgehead atoms. The van der Waals surface area contributed by atoms with Gasteiger partial charge in [-0.05, 0) is 53.4 Å². The molecule has 4 rings (SSSR count). The number of aromatic nitrogens is 1. The predicted octanol–water partition coefficient (Wildman–Crippen LogP) is 6.39. The first-order chi connectivity index (χ1) is 13.8. The van der Waals surface area contributed by atoms with Crippen LogP contribution >= 0.6 is 0 Å². The number of nitrogens with zero attached hydrogens (tertiary/aromatic N) is 2. The van der Waals surface area contributed by atoms with Crippen LogP contribution in [0.4, 0.5) is 10.1 Å². The average Bonchev–Trinajstić information content (AvgIpc) is 3.12. The van der Waals surface area contributed by atoms with Crippen molar-refractivity contribution in [2.24, 2.45) is 4.99 Å². The molecule has 29 heavy (non-hydrogen) atoms. The Kier molecular flexibility index (Phi) is 4.66. The Morgan fingerprint density at radius 2 is 1.79 bits per heavy atom. The number of para-hydroxylation sites is 1. The molecule has 1 heterocycles. The molecule has 1 aromatic heterocycles. The molecule has 0 aliphatic rings. The Labute approximate surface area is 168 Å². The van der Waals surface area contributed by atoms with E-state index in [-0.39, 0.29) is 5.41 Å². The molecule has 4 nitrogen and oxygen atoms in total. The summed E-state index contributed by atoms with van der Waals surface area (Å²) in [6, 6.07) is 17.9. The minimum atomic E-state index is -0.678. The summed E-state index contributed by atoms with van der Waals surface area (Å²) in [5.74, 6) is -0.549. The molecule has 0 fully saturated rings. The third-order valence-corrected chi connectivity index (χ3v) is 4.74. The third-order valence-electron chi connectivity index (χ3n) is 4.74. The van der Waals surface area contributed by atoms with Crippen molar-refractivity contribution in [2.45, 2.75) is 26.2 Å². The van der Waals surface area contributed by atoms with Gasteiger partial charge in [0.05, 0.1) is 5.69 Å². The molecule has 146 valence electrons. The number of fused-ring (bicyclic) bond motifs is 1. The summed E-state index contributed by atoms with van der Waals surface area (Å²) < 4.78 is 19.3. The zero-order valence-electron chi connectivity index (χ0n) is 16.5. The number of halogens is 1. The molecule has 0 amide bonds. The van der Waals surface area contributed by atoms with Crippen LogP contribution in [0.2, 0.25) is 0 Å². The fourth-order valence-electron chi connectivity index (χ4n) is 3.01. The van der Waals surface area contributed by atoms with Gasteiger partial charge in [0.15, 0.2) is 17.1 Å². The lowest BCUT2D eigenvalue weighted by Gasteiger charge is -2.18. The summed E-state index contributed by atoms with van der Waals surface area (Å²) in [6.07, 6.45) is 1.42. The van der Waals surface area contributed by atoms with Crippen molar-refractivity contribution in [1.29, 1.82) is 0 Å². The summed E-state index contributed by atoms with van der Waals surface area (Å²) in [7, 11) is 0. The summed E-state index contributed by atoms with van der Waals surface area (Å²) in [5.41, 5.74) is 4.51. The fraction of sp³-hybridized carbons (Fsp3) is 0.167. The van der Waals surface area contributed by atoms with Crippen LogP contribution in [0.5, 0.6) is 5.75 Å². The van der Waals surface area contributed by atoms with E-state index >= 15 is 0 Å². The Balaban J connectivity index is 1.62. The summed E-state index contributed by atoms with van der Waals surface area (Å²) >= 11 is 0. The maximum Gasteiger partial charge on any atom is 0.227 e. The van der Waals surface area contributed by atoms with E-state index < -0.39 is 11.6 Å². The first-order valence-corrected chi connectivity index (χ1v) is 9.34. The van der Waals surface area contributed by atoms with Crippen LogP contribution in [0.3, 0.4) is 0 Å². The number of aromatic hydroxyl groups is 1. The molecule has 0 saturated heterocycles. The topological polar surface area (TPSA) is 58.6 Å². The van der Waals surface area contributed by atoms with Crippen molar-refractivity contribution in [2.75, 3.05) is 0 Å². The highest BCUT2D eigenvalue weighted by atomic mass is 19.1. The predicted molar refractivity (Wildman–Crippen MR) is 113 cm³/mol. The van der Waals surface area contributed by atoms with Gasteiger partial charge in [0.1, 0.15) is 5.52 Å². The second-order valence-electron chi connectivity index (χ2n) is 7.93. The molecule has 0 spiro atoms. The second kappa shape index (κ2) is 7.17. The van der Waals surface area contributed by atoms with Gasteiger partial charge in [-0.15, -0.1) is 0 Å². The highest BCUT2D eigenvalue weighted by Crippen LogP contribution is 2.29. The van der Waals surface area contributed by atoms with E-state index in [2.05, 4.69) is 42.9 Å². The molecule has 3 aromatic carbocycles. The molecule has 0 unspecified atom stereocenters. The Morgan fingerprint density at radius 3 is 2.52 bits per heavy atom. The smallest absolute Gasteiger partial charge is 0.227 e. The zero-order chi connectivity index (χ0) is 20.6. The maximum absolute atomic E-state index is 13.4. The quantitative estimate of drug-likeness (QED) is 0.414. The first-order valence-electron chi connectivity index (χ1n) is 9.34. The molecule has 0 atom stereocenters. The monoisotopic (exact) mass is 388 g/mol. The van der Waals surface area contributed by atoms with Gasteiger partial charge in [0, 0.05) is 17.3 Å². The first kappa shape index (κ1) is 18.9. The van der Waals surface area contributed by atoms with E-state index in [9.17, 15) is 9.50 Å². The number of phenols is 1. The Hall–Kier alpha value is -3.47. The number of phenolic OH excluding ortho intramolecular Hbond substituents is 1. The highest BCUT2D eigenvalue weighted by molar-refractivity contribution is 5.87. The zero-order valence-corrected chi connectivity index (χ0v) is 16.5. The number of rotatable bonds is 3. The molecule has 0 saturated carbocycles. The van der Waals surface area contributed by atoms with E-state index in [1.807, 2.05) is 12.1 Å². The van der Waals surface area contributed by atoms with Crippen molar-refractivity contribution in [3.8, 4) is 17.2 Å². The molecule has 5 heteroatoms. The lowest BCUT2D eigenvalue weighted by molar-refractivity contribution is 0.431. The normalized spacial score (nSPS) is 12.1. The van der Waals surface area contributed by atoms with E-state index in [0.29, 0.717) is 28.2 Å². The van der Waals surface area contributed by atoms with Gasteiger partial charge in [-0.1, -0.05) is 39.0 Å². The van der Waals surface area contributed by atoms with Crippen molar-refractivity contribution in [3.05, 3.63) is 77.6 Å². The second-order valence-corrected chi connectivity index (χ2v) is 7.93. The molecule has 0 aliphatic heterocycles. The van der Waals surface area contributed by atoms with Gasteiger partial charge < -0.3 is 9.52 Å². The minimum Gasteiger partial charge on any atom is -0.504 e. The largest absolute Gasteiger partial charge is 0.504 e. The van der Waals surface area contributed by atoms with Crippen LogP contribution in [0.15, 0.2) is 70.1 Å². The average molecular weight is 388 g/mol. The molecule has 4 aromatic rings. The van der Waals surface area contributed by atoms with Crippen molar-refractivity contribution in [3.63, 3.8) is 0 Å². The van der Waals surface area contributed by atoms with Gasteiger partial charge in [-0.3, -0.25) is 4.99 Å². The van der Waals surface area contributed by atoms with Crippen LogP contribution in [0.25, 0.3) is 22.6 Å². The Morgan fingerprint density at radius 1 is 1.03 bits per heavy atom. The van der Waals surface area contributed by atoms with Gasteiger partial charge in [-0.2, -0.15) is 0 Å². The molecule has 0 aliphatic carbocycles. The van der Waals surface area contributed by atoms with E-state index in [1.165, 1.54) is 23.9 Å². The molecule has 1 N–H and O–H groups in total. The summed E-state index contributed by atoms with van der Waals surface area (Å²) in [4.78, 5) is 8.89. The maximum atomic E-state index is 13.4. The lowest BCUT2D eigenvalue weighted by atomic mass is 9.87. The number of benzene rings is 3. The van der Waals surface area contributed by atoms with Crippen LogP contribution in [-0.4, -0.2) is 16.3 Å². The van der Waals surface area contributed by atoms with Gasteiger partial charge in [0.25, 0.3) is 0 Å². The van der Waals surface area contributed by atoms with E-state index in [1.54, 1.807) is 24.3 Å². The van der Waals surface area contributed by atoms with Crippen LogP contribution in [0.1, 0.15) is 31.9 Å². The Bertz CT molecular complexity index is 1200. The number of hydrogen-bond donors (Lipinski definition) is 1. The number of oxazole rings is 1. The fourth-order valence-corrected chi connectivity index (χ4v) is 3.01. The SMILES string of the molecule is CC(C)(C)c1ccc(-c2nc3cc(N=Cc4cccc(F)c4O)ccc3o2)cc1. The van der Waals surface area contributed by atoms with Gasteiger partial charge in [0.2, 0.25) is 5.89 Å². The summed E-state index contributed by atoms with van der Waals surface area (Å²) in [6.45, 7) is 6.52. The van der Waals surface area contributed by atoms with Gasteiger partial charge in [-0.25, -0.2) is 9.37 Å². The molecule has 0 radical (unpaired) electrons. The van der Waals surface area contributed by atoms with E-state index in [4.69, 9.17) is 4.42 Å². The van der Waals surface area contributed by atoms with Crippen LogP contribution in [0, 0.1) is 5.82 Å². The van der Waals surface area contributed by atoms with Crippen molar-refractivity contribution >= 4 is 23.0 Å². The van der Waals surface area contributed by atoms with Crippen molar-refractivity contribution in [1.82, 2.24) is 4.98 Å². The van der Waals surface area contributed by atoms with E-state index in [0.717, 1.165) is 5.56 Å². The molecular formula is C24H21FN2O2. The number of hydrogen-bond acceptors (Lipinski definition) is 4. The lowest BCUT2D eigenvalue weighted by Crippen LogP contribution is -2.10. The standard InChI is InChI=1S/C24H21FN2O2/c1-24(2,3)17-9-7-15(8-10-17)23-27-20-13-18(11-12-21(20)29-23)26-14-16-5-4-6-19(25)22(16)28/h4-14,28H,1-3H3. The van der Waals surface area contributed by atoms with Crippen LogP contribution < -0.4 is 0 Å². The third kappa shape index (κ3) is 3.90. The van der Waals surface area contributed by atoms with Crippen LogP contribution in [-0.2, 0) is 5.41 Å². The minimum absolute atomic E-state index is 0.0862.